The molecular formula is C21H34OSi. The van der Waals surface area contributed by atoms with Gasteiger partial charge in [0.25, 0.3) is 0 Å². The molecular weight excluding hydrogens is 296 g/mol. The zero-order valence-electron chi connectivity index (χ0n) is 15.5. The van der Waals surface area contributed by atoms with Crippen molar-refractivity contribution in [3.05, 3.63) is 47.6 Å². The molecule has 0 atom stereocenters. The molecule has 2 aliphatic carbocycles. The molecule has 0 aromatic rings. The monoisotopic (exact) mass is 330 g/mol. The van der Waals surface area contributed by atoms with Crippen molar-refractivity contribution in [1.29, 1.82) is 0 Å². The molecule has 0 N–H and O–H groups in total. The summed E-state index contributed by atoms with van der Waals surface area (Å²) in [6.07, 6.45) is 18.3. The lowest BCUT2D eigenvalue weighted by Gasteiger charge is -2.38. The molecule has 0 radical (unpaired) electrons. The SMILES string of the molecule is CCC(CCO[Si](CC)(CC)CC)(C1=CC=CC1)C1=CC=CC1. The molecule has 2 heteroatoms. The van der Waals surface area contributed by atoms with Crippen LogP contribution in [0.25, 0.3) is 0 Å². The highest BCUT2D eigenvalue weighted by atomic mass is 28.4. The average molecular weight is 331 g/mol. The van der Waals surface area contributed by atoms with Crippen molar-refractivity contribution in [3.63, 3.8) is 0 Å². The van der Waals surface area contributed by atoms with E-state index in [-0.39, 0.29) is 5.41 Å². The summed E-state index contributed by atoms with van der Waals surface area (Å²) in [7, 11) is -1.48. The van der Waals surface area contributed by atoms with Crippen molar-refractivity contribution in [2.45, 2.75) is 71.5 Å². The second-order valence-corrected chi connectivity index (χ2v) is 11.7. The van der Waals surface area contributed by atoms with Crippen molar-refractivity contribution < 1.29 is 4.43 Å². The zero-order valence-corrected chi connectivity index (χ0v) is 16.5. The van der Waals surface area contributed by atoms with Gasteiger partial charge in [-0.1, -0.05) is 75.3 Å². The highest BCUT2D eigenvalue weighted by Crippen LogP contribution is 2.48. The fourth-order valence-electron chi connectivity index (χ4n) is 4.26. The maximum atomic E-state index is 6.60. The van der Waals surface area contributed by atoms with Crippen molar-refractivity contribution in [3.8, 4) is 0 Å². The van der Waals surface area contributed by atoms with Crippen LogP contribution in [0.4, 0.5) is 0 Å². The van der Waals surface area contributed by atoms with Crippen LogP contribution in [-0.4, -0.2) is 14.9 Å². The van der Waals surface area contributed by atoms with Gasteiger partial charge in [-0.3, -0.25) is 0 Å². The van der Waals surface area contributed by atoms with Crippen molar-refractivity contribution in [1.82, 2.24) is 0 Å². The third-order valence-corrected chi connectivity index (χ3v) is 10.9. The molecule has 2 aliphatic rings. The molecule has 0 unspecified atom stereocenters. The van der Waals surface area contributed by atoms with E-state index in [4.69, 9.17) is 4.43 Å². The lowest BCUT2D eigenvalue weighted by Crippen LogP contribution is -2.37. The van der Waals surface area contributed by atoms with E-state index >= 15 is 0 Å². The van der Waals surface area contributed by atoms with Crippen LogP contribution in [0, 0.1) is 5.41 Å². The summed E-state index contributed by atoms with van der Waals surface area (Å²) >= 11 is 0. The van der Waals surface area contributed by atoms with Crippen molar-refractivity contribution in [2.24, 2.45) is 5.41 Å². The second-order valence-electron chi connectivity index (χ2n) is 6.93. The van der Waals surface area contributed by atoms with E-state index in [0.717, 1.165) is 25.9 Å². The maximum absolute atomic E-state index is 6.60. The van der Waals surface area contributed by atoms with Gasteiger partial charge in [-0.05, 0) is 43.8 Å². The lowest BCUT2D eigenvalue weighted by molar-refractivity contribution is 0.233. The number of hydrogen-bond acceptors (Lipinski definition) is 1. The molecule has 23 heavy (non-hydrogen) atoms. The minimum absolute atomic E-state index is 0.211. The Labute approximate surface area is 144 Å². The fraction of sp³-hybridized carbons (Fsp3) is 0.619. The molecule has 128 valence electrons. The van der Waals surface area contributed by atoms with Gasteiger partial charge in [0.05, 0.1) is 0 Å². The van der Waals surface area contributed by atoms with Crippen LogP contribution < -0.4 is 0 Å². The molecule has 0 amide bonds. The molecule has 0 aromatic carbocycles. The summed E-state index contributed by atoms with van der Waals surface area (Å²) in [6.45, 7) is 10.2. The van der Waals surface area contributed by atoms with Crippen LogP contribution in [0.2, 0.25) is 18.1 Å². The molecule has 0 fully saturated rings. The predicted octanol–water partition coefficient (Wildman–Crippen LogP) is 6.57. The Hall–Kier alpha value is -0.863. The Morgan fingerprint density at radius 2 is 1.43 bits per heavy atom. The van der Waals surface area contributed by atoms with Crippen LogP contribution in [0.15, 0.2) is 47.6 Å². The van der Waals surface area contributed by atoms with Gasteiger partial charge >= 0.3 is 0 Å². The van der Waals surface area contributed by atoms with Gasteiger partial charge in [-0.15, -0.1) is 0 Å². The highest BCUT2D eigenvalue weighted by Gasteiger charge is 2.37. The topological polar surface area (TPSA) is 9.23 Å². The summed E-state index contributed by atoms with van der Waals surface area (Å²) in [5.74, 6) is 0. The molecule has 0 saturated heterocycles. The number of allylic oxidation sites excluding steroid dienone is 8. The van der Waals surface area contributed by atoms with Crippen LogP contribution in [-0.2, 0) is 4.43 Å². The molecule has 0 spiro atoms. The summed E-state index contributed by atoms with van der Waals surface area (Å²) in [5.41, 5.74) is 3.40. The van der Waals surface area contributed by atoms with Gasteiger partial charge in [0, 0.05) is 12.0 Å². The van der Waals surface area contributed by atoms with Crippen LogP contribution in [0.5, 0.6) is 0 Å². The van der Waals surface area contributed by atoms with Gasteiger partial charge in [-0.25, -0.2) is 0 Å². The van der Waals surface area contributed by atoms with Gasteiger partial charge in [0.2, 0.25) is 0 Å². The van der Waals surface area contributed by atoms with Gasteiger partial charge in [-0.2, -0.15) is 0 Å². The van der Waals surface area contributed by atoms with E-state index in [0.29, 0.717) is 0 Å². The largest absolute Gasteiger partial charge is 0.417 e. The van der Waals surface area contributed by atoms with E-state index in [9.17, 15) is 0 Å². The Bertz CT molecular complexity index is 468. The van der Waals surface area contributed by atoms with Gasteiger partial charge in [0.1, 0.15) is 0 Å². The van der Waals surface area contributed by atoms with Crippen molar-refractivity contribution >= 4 is 8.32 Å². The first-order valence-corrected chi connectivity index (χ1v) is 12.1. The van der Waals surface area contributed by atoms with E-state index in [1.54, 1.807) is 11.1 Å². The summed E-state index contributed by atoms with van der Waals surface area (Å²) in [6, 6.07) is 3.73. The molecule has 0 heterocycles. The second kappa shape index (κ2) is 8.30. The first-order valence-electron chi connectivity index (χ1n) is 9.52. The van der Waals surface area contributed by atoms with E-state index < -0.39 is 8.32 Å². The zero-order chi connectivity index (χ0) is 16.8. The average Bonchev–Trinajstić information content (AvgIpc) is 3.30. The molecule has 0 saturated carbocycles. The number of hydrogen-bond donors (Lipinski definition) is 0. The summed E-state index contributed by atoms with van der Waals surface area (Å²) < 4.78 is 6.60. The Morgan fingerprint density at radius 3 is 1.78 bits per heavy atom. The first kappa shape index (κ1) is 18.5. The summed E-state index contributed by atoms with van der Waals surface area (Å²) in [4.78, 5) is 0. The highest BCUT2D eigenvalue weighted by molar-refractivity contribution is 6.73. The van der Waals surface area contributed by atoms with Gasteiger partial charge in [0.15, 0.2) is 8.32 Å². The molecule has 1 nitrogen and oxygen atoms in total. The minimum atomic E-state index is -1.48. The van der Waals surface area contributed by atoms with Crippen LogP contribution >= 0.6 is 0 Å². The standard InChI is InChI=1S/C21H34OSi/c1-5-21(19-13-9-10-14-19,20-15-11-12-16-20)17-18-22-23(6-2,7-3)8-4/h9-13,15H,5-8,14,16-18H2,1-4H3. The predicted molar refractivity (Wildman–Crippen MR) is 104 cm³/mol. The van der Waals surface area contributed by atoms with Crippen LogP contribution in [0.3, 0.4) is 0 Å². The Kier molecular flexibility index (Phi) is 6.67. The minimum Gasteiger partial charge on any atom is -0.417 e. The van der Waals surface area contributed by atoms with Crippen molar-refractivity contribution in [2.75, 3.05) is 6.61 Å². The van der Waals surface area contributed by atoms with Crippen LogP contribution in [0.1, 0.15) is 53.4 Å². The third kappa shape index (κ3) is 3.80. The molecule has 0 bridgehead atoms. The maximum Gasteiger partial charge on any atom is 0.191 e. The third-order valence-electron chi connectivity index (χ3n) is 6.25. The quantitative estimate of drug-likeness (QED) is 0.412. The summed E-state index contributed by atoms with van der Waals surface area (Å²) in [5, 5.41) is 0. The fourth-order valence-corrected chi connectivity index (χ4v) is 6.91. The normalized spacial score (nSPS) is 17.7. The first-order chi connectivity index (χ1) is 11.2. The smallest absolute Gasteiger partial charge is 0.191 e. The van der Waals surface area contributed by atoms with E-state index in [2.05, 4.69) is 64.2 Å². The van der Waals surface area contributed by atoms with E-state index in [1.165, 1.54) is 24.6 Å². The number of rotatable bonds is 10. The molecule has 2 rings (SSSR count). The van der Waals surface area contributed by atoms with Gasteiger partial charge < -0.3 is 4.43 Å². The Morgan fingerprint density at radius 1 is 0.913 bits per heavy atom. The lowest BCUT2D eigenvalue weighted by atomic mass is 9.68. The molecule has 0 aromatic heterocycles. The Balaban J connectivity index is 2.12. The molecule has 0 aliphatic heterocycles. The van der Waals surface area contributed by atoms with E-state index in [1.807, 2.05) is 0 Å².